The third-order valence-electron chi connectivity index (χ3n) is 6.69. The van der Waals surface area contributed by atoms with Crippen LogP contribution in [0.5, 0.6) is 0 Å². The summed E-state index contributed by atoms with van der Waals surface area (Å²) in [5.41, 5.74) is 0.234. The zero-order chi connectivity index (χ0) is 26.0. The Bertz CT molecular complexity index is 1380. The van der Waals surface area contributed by atoms with Gasteiger partial charge in [0.05, 0.1) is 22.7 Å². The quantitative estimate of drug-likeness (QED) is 0.331. The molecule has 1 aliphatic heterocycles. The third kappa shape index (κ3) is 5.33. The van der Waals surface area contributed by atoms with Gasteiger partial charge in [-0.2, -0.15) is 13.2 Å². The summed E-state index contributed by atoms with van der Waals surface area (Å²) in [6, 6.07) is 12.8. The fourth-order valence-electron chi connectivity index (χ4n) is 4.93. The largest absolute Gasteiger partial charge is 0.417 e. The maximum absolute atomic E-state index is 14.0. The van der Waals surface area contributed by atoms with Crippen LogP contribution in [0.3, 0.4) is 0 Å². The van der Waals surface area contributed by atoms with Crippen molar-refractivity contribution in [3.63, 3.8) is 0 Å². The lowest BCUT2D eigenvalue weighted by molar-refractivity contribution is -0.136. The number of aromatic nitrogens is 3. The van der Waals surface area contributed by atoms with E-state index in [9.17, 15) is 18.0 Å². The van der Waals surface area contributed by atoms with Crippen LogP contribution in [0, 0.1) is 0 Å². The lowest BCUT2D eigenvalue weighted by Gasteiger charge is -2.35. The normalized spacial score (nSPS) is 15.6. The van der Waals surface area contributed by atoms with E-state index in [4.69, 9.17) is 11.6 Å². The van der Waals surface area contributed by atoms with Gasteiger partial charge in [-0.3, -0.25) is 14.3 Å². The molecule has 37 heavy (non-hydrogen) atoms. The molecule has 1 saturated heterocycles. The smallest absolute Gasteiger partial charge is 0.350 e. The number of hydrogen-bond donors (Lipinski definition) is 1. The van der Waals surface area contributed by atoms with Crippen molar-refractivity contribution in [3.8, 4) is 5.95 Å². The Morgan fingerprint density at radius 1 is 1.00 bits per heavy atom. The van der Waals surface area contributed by atoms with Crippen LogP contribution in [0.15, 0.2) is 67.1 Å². The molecule has 1 atom stereocenters. The molecule has 0 saturated carbocycles. The Morgan fingerprint density at radius 3 is 2.38 bits per heavy atom. The summed E-state index contributed by atoms with van der Waals surface area (Å²) in [5.74, 6) is -0.411. The summed E-state index contributed by atoms with van der Waals surface area (Å²) in [7, 11) is 0. The summed E-state index contributed by atoms with van der Waals surface area (Å²) in [4.78, 5) is 24.1. The van der Waals surface area contributed by atoms with Crippen LogP contribution in [0.4, 0.5) is 13.2 Å². The monoisotopic (exact) mass is 527 g/mol. The van der Waals surface area contributed by atoms with Crippen LogP contribution >= 0.6 is 11.6 Å². The summed E-state index contributed by atoms with van der Waals surface area (Å²) >= 11 is 6.08. The molecule has 192 valence electrons. The van der Waals surface area contributed by atoms with Gasteiger partial charge in [0.25, 0.3) is 5.91 Å². The number of carbonyl (C=O) groups excluding carboxylic acids is 1. The Balaban J connectivity index is 1.51. The fourth-order valence-corrected chi connectivity index (χ4v) is 5.06. The molecule has 0 bridgehead atoms. The zero-order valence-electron chi connectivity index (χ0n) is 19.9. The van der Waals surface area contributed by atoms with Crippen molar-refractivity contribution in [2.75, 3.05) is 19.6 Å². The second-order valence-electron chi connectivity index (χ2n) is 9.03. The number of piperidine rings is 1. The minimum Gasteiger partial charge on any atom is -0.350 e. The van der Waals surface area contributed by atoms with Gasteiger partial charge in [0.2, 0.25) is 5.95 Å². The molecule has 1 fully saturated rings. The molecule has 1 aliphatic rings. The molecule has 1 unspecified atom stereocenters. The van der Waals surface area contributed by atoms with Gasteiger partial charge in [-0.05, 0) is 61.8 Å². The van der Waals surface area contributed by atoms with E-state index < -0.39 is 17.6 Å². The van der Waals surface area contributed by atoms with E-state index in [0.717, 1.165) is 44.0 Å². The molecule has 1 N–H and O–H groups in total. The highest BCUT2D eigenvalue weighted by atomic mass is 35.5. The van der Waals surface area contributed by atoms with Crippen molar-refractivity contribution in [2.45, 2.75) is 31.5 Å². The van der Waals surface area contributed by atoms with E-state index in [1.807, 2.05) is 12.1 Å². The first-order valence-corrected chi connectivity index (χ1v) is 12.5. The number of carbonyl (C=O) groups is 1. The van der Waals surface area contributed by atoms with Crippen molar-refractivity contribution in [1.29, 1.82) is 0 Å². The molecule has 0 radical (unpaired) electrons. The number of benzene rings is 2. The highest BCUT2D eigenvalue weighted by Gasteiger charge is 2.35. The maximum Gasteiger partial charge on any atom is 0.417 e. The number of likely N-dealkylation sites (tertiary alicyclic amines) is 1. The molecule has 6 nitrogen and oxygen atoms in total. The van der Waals surface area contributed by atoms with Gasteiger partial charge < -0.3 is 5.32 Å². The Labute approximate surface area is 217 Å². The molecule has 10 heteroatoms. The number of amides is 1. The molecule has 3 heterocycles. The molecule has 2 aromatic heterocycles. The van der Waals surface area contributed by atoms with E-state index in [2.05, 4.69) is 20.2 Å². The lowest BCUT2D eigenvalue weighted by Crippen LogP contribution is -2.40. The van der Waals surface area contributed by atoms with Crippen molar-refractivity contribution >= 4 is 28.4 Å². The molecule has 0 aliphatic carbocycles. The maximum atomic E-state index is 14.0. The molecule has 2 aromatic carbocycles. The van der Waals surface area contributed by atoms with Gasteiger partial charge in [0.1, 0.15) is 0 Å². The van der Waals surface area contributed by atoms with Crippen molar-refractivity contribution in [3.05, 3.63) is 88.8 Å². The summed E-state index contributed by atoms with van der Waals surface area (Å²) < 4.78 is 43.4. The van der Waals surface area contributed by atoms with E-state index in [-0.39, 0.29) is 35.0 Å². The van der Waals surface area contributed by atoms with Crippen LogP contribution in [0.1, 0.15) is 46.8 Å². The molecule has 1 amide bonds. The molecule has 0 spiro atoms. The number of halogens is 4. The number of rotatable bonds is 6. The molecular weight excluding hydrogens is 503 g/mol. The summed E-state index contributed by atoms with van der Waals surface area (Å²) in [5, 5.41) is 3.34. The Hall–Kier alpha value is -3.43. The number of alkyl halides is 3. The predicted molar refractivity (Wildman–Crippen MR) is 136 cm³/mol. The van der Waals surface area contributed by atoms with Crippen molar-refractivity contribution in [2.24, 2.45) is 0 Å². The second kappa shape index (κ2) is 10.5. The second-order valence-corrected chi connectivity index (χ2v) is 9.47. The van der Waals surface area contributed by atoms with Crippen LogP contribution in [-0.4, -0.2) is 45.0 Å². The highest BCUT2D eigenvalue weighted by molar-refractivity contribution is 6.30. The minimum absolute atomic E-state index is 0.0797. The number of nitrogens with zero attached hydrogens (tertiary/aromatic N) is 4. The molecule has 4 aromatic rings. The summed E-state index contributed by atoms with van der Waals surface area (Å²) in [6.07, 6.45) is 2.99. The van der Waals surface area contributed by atoms with Gasteiger partial charge in [0.15, 0.2) is 0 Å². The first-order valence-electron chi connectivity index (χ1n) is 12.1. The standard InChI is InChI=1S/C27H25ClF3N5O/c28-19-10-8-18(9-11-19)23(35-14-2-1-3-15-35)16-34-25(37)20-17-36(26-32-12-5-13-33-26)22-7-4-6-21(24(20)22)27(29,30)31/h4-13,17,23H,1-3,14-16H2,(H,34,37). The number of nitrogens with one attached hydrogen (secondary N) is 1. The van der Waals surface area contributed by atoms with E-state index in [0.29, 0.717) is 5.02 Å². The average Bonchev–Trinajstić information content (AvgIpc) is 3.30. The zero-order valence-corrected chi connectivity index (χ0v) is 20.6. The first kappa shape index (κ1) is 25.2. The van der Waals surface area contributed by atoms with Gasteiger partial charge in [-0.1, -0.05) is 36.2 Å². The van der Waals surface area contributed by atoms with Gasteiger partial charge in [-0.15, -0.1) is 0 Å². The first-order chi connectivity index (χ1) is 17.8. The number of fused-ring (bicyclic) bond motifs is 1. The van der Waals surface area contributed by atoms with Gasteiger partial charge in [-0.25, -0.2) is 9.97 Å². The highest BCUT2D eigenvalue weighted by Crippen LogP contribution is 2.38. The Morgan fingerprint density at radius 2 is 1.70 bits per heavy atom. The third-order valence-corrected chi connectivity index (χ3v) is 6.94. The van der Waals surface area contributed by atoms with Crippen LogP contribution in [0.2, 0.25) is 5.02 Å². The van der Waals surface area contributed by atoms with E-state index in [1.54, 1.807) is 18.2 Å². The SMILES string of the molecule is O=C(NCC(c1ccc(Cl)cc1)N1CCCCC1)c1cn(-c2ncccn2)c2cccc(C(F)(F)F)c12. The van der Waals surface area contributed by atoms with Crippen molar-refractivity contribution in [1.82, 2.24) is 24.8 Å². The number of hydrogen-bond acceptors (Lipinski definition) is 4. The minimum atomic E-state index is -4.64. The molecule has 5 rings (SSSR count). The van der Waals surface area contributed by atoms with Gasteiger partial charge >= 0.3 is 6.18 Å². The van der Waals surface area contributed by atoms with E-state index in [1.165, 1.54) is 35.3 Å². The Kier molecular flexibility index (Phi) is 7.17. The average molecular weight is 528 g/mol. The molecular formula is C27H25ClF3N5O. The summed E-state index contributed by atoms with van der Waals surface area (Å²) in [6.45, 7) is 2.00. The van der Waals surface area contributed by atoms with Crippen LogP contribution < -0.4 is 5.32 Å². The van der Waals surface area contributed by atoms with Crippen molar-refractivity contribution < 1.29 is 18.0 Å². The van der Waals surface area contributed by atoms with Gasteiger partial charge in [0, 0.05) is 35.5 Å². The van der Waals surface area contributed by atoms with Crippen LogP contribution in [-0.2, 0) is 6.18 Å². The lowest BCUT2D eigenvalue weighted by atomic mass is 10.0. The predicted octanol–water partition coefficient (Wildman–Crippen LogP) is 6.05. The fraction of sp³-hybridized carbons (Fsp3) is 0.296. The van der Waals surface area contributed by atoms with Crippen LogP contribution in [0.25, 0.3) is 16.9 Å². The van der Waals surface area contributed by atoms with E-state index >= 15 is 0 Å². The topological polar surface area (TPSA) is 63.1 Å².